The molecule has 22 heavy (non-hydrogen) atoms. The number of aromatic nitrogens is 3. The van der Waals surface area contributed by atoms with Crippen LogP contribution in [0.15, 0.2) is 18.5 Å². The van der Waals surface area contributed by atoms with E-state index in [9.17, 15) is 4.79 Å². The summed E-state index contributed by atoms with van der Waals surface area (Å²) in [5.41, 5.74) is 1.49. The number of nitrogens with zero attached hydrogens (tertiary/aromatic N) is 3. The molecule has 1 aliphatic heterocycles. The number of hydrogen-bond acceptors (Lipinski definition) is 4. The van der Waals surface area contributed by atoms with E-state index in [1.54, 1.807) is 12.4 Å². The Morgan fingerprint density at radius 3 is 3.09 bits per heavy atom. The molecule has 1 saturated heterocycles. The van der Waals surface area contributed by atoms with Gasteiger partial charge in [0.05, 0.1) is 24.7 Å². The van der Waals surface area contributed by atoms with Crippen molar-refractivity contribution in [3.63, 3.8) is 0 Å². The van der Waals surface area contributed by atoms with Crippen molar-refractivity contribution < 1.29 is 9.53 Å². The molecule has 2 aromatic rings. The van der Waals surface area contributed by atoms with Gasteiger partial charge in [-0.3, -0.25) is 0 Å². The number of fused-ring (bicyclic) bond motifs is 1. The molecule has 7 nitrogen and oxygen atoms in total. The summed E-state index contributed by atoms with van der Waals surface area (Å²) in [4.78, 5) is 16.3. The summed E-state index contributed by atoms with van der Waals surface area (Å²) in [6.45, 7) is 6.25. The number of carbonyl (C=O) groups is 1. The fourth-order valence-electron chi connectivity index (χ4n) is 2.54. The summed E-state index contributed by atoms with van der Waals surface area (Å²) in [6.07, 6.45) is 4.42. The Morgan fingerprint density at radius 2 is 2.36 bits per heavy atom. The Bertz CT molecular complexity index is 661. The highest BCUT2D eigenvalue weighted by Gasteiger charge is 2.16. The van der Waals surface area contributed by atoms with Gasteiger partial charge in [0.15, 0.2) is 5.65 Å². The van der Waals surface area contributed by atoms with Crippen LogP contribution < -0.4 is 10.6 Å². The fraction of sp³-hybridized carbons (Fsp3) is 0.533. The van der Waals surface area contributed by atoms with Gasteiger partial charge >= 0.3 is 6.03 Å². The predicted octanol–water partition coefficient (Wildman–Crippen LogP) is 2.17. The molecule has 2 amide bonds. The van der Waals surface area contributed by atoms with Crippen molar-refractivity contribution in [2.75, 3.05) is 25.1 Å². The van der Waals surface area contributed by atoms with Gasteiger partial charge in [-0.15, -0.1) is 0 Å². The molecule has 3 rings (SSSR count). The number of anilines is 1. The summed E-state index contributed by atoms with van der Waals surface area (Å²) in [5, 5.41) is 10.9. The van der Waals surface area contributed by atoms with E-state index in [0.29, 0.717) is 18.2 Å². The molecule has 2 N–H and O–H groups in total. The highest BCUT2D eigenvalue weighted by molar-refractivity contribution is 5.91. The Hall–Kier alpha value is -2.15. The molecule has 118 valence electrons. The van der Waals surface area contributed by atoms with Gasteiger partial charge in [-0.2, -0.15) is 5.10 Å². The molecule has 0 spiro atoms. The first kappa shape index (κ1) is 14.8. The molecule has 0 saturated carbocycles. The Balaban J connectivity index is 1.62. The van der Waals surface area contributed by atoms with Crippen LogP contribution in [0.3, 0.4) is 0 Å². The topological polar surface area (TPSA) is 81.1 Å². The smallest absolute Gasteiger partial charge is 0.319 e. The largest absolute Gasteiger partial charge is 0.381 e. The minimum Gasteiger partial charge on any atom is -0.381 e. The Morgan fingerprint density at radius 1 is 1.50 bits per heavy atom. The number of carbonyl (C=O) groups excluding carboxylic acids is 1. The minimum absolute atomic E-state index is 0.218. The number of ether oxygens (including phenoxy) is 1. The van der Waals surface area contributed by atoms with E-state index in [4.69, 9.17) is 4.74 Å². The number of hydrogen-bond donors (Lipinski definition) is 2. The SMILES string of the molecule is CC(C)n1ncc2cc(NC(=O)NCC3CCOC3)cnc21. The molecule has 1 unspecified atom stereocenters. The number of amides is 2. The molecular weight excluding hydrogens is 282 g/mol. The van der Waals surface area contributed by atoms with Crippen molar-refractivity contribution in [1.82, 2.24) is 20.1 Å². The lowest BCUT2D eigenvalue weighted by Gasteiger charge is -2.11. The van der Waals surface area contributed by atoms with Gasteiger partial charge in [-0.1, -0.05) is 0 Å². The van der Waals surface area contributed by atoms with Gasteiger partial charge in [0.2, 0.25) is 0 Å². The second kappa shape index (κ2) is 6.31. The maximum absolute atomic E-state index is 11.9. The summed E-state index contributed by atoms with van der Waals surface area (Å²) in [6, 6.07) is 1.91. The second-order valence-corrected chi connectivity index (χ2v) is 5.88. The number of pyridine rings is 1. The lowest BCUT2D eigenvalue weighted by atomic mass is 10.1. The van der Waals surface area contributed by atoms with Crippen molar-refractivity contribution in [3.8, 4) is 0 Å². The molecule has 7 heteroatoms. The molecule has 2 aromatic heterocycles. The predicted molar refractivity (Wildman–Crippen MR) is 83.9 cm³/mol. The quantitative estimate of drug-likeness (QED) is 0.907. The standard InChI is InChI=1S/C15H21N5O2/c1-10(2)20-14-12(7-18-20)5-13(8-16-14)19-15(21)17-6-11-3-4-22-9-11/h5,7-8,10-11H,3-4,6,9H2,1-2H3,(H2,17,19,21). The number of urea groups is 1. The zero-order valence-corrected chi connectivity index (χ0v) is 12.9. The molecule has 0 radical (unpaired) electrons. The third-order valence-electron chi connectivity index (χ3n) is 3.76. The van der Waals surface area contributed by atoms with Crippen LogP contribution in [-0.4, -0.2) is 40.6 Å². The van der Waals surface area contributed by atoms with E-state index in [-0.39, 0.29) is 12.1 Å². The van der Waals surface area contributed by atoms with Gasteiger partial charge in [0, 0.05) is 30.5 Å². The molecule has 1 aliphatic rings. The maximum atomic E-state index is 11.9. The van der Waals surface area contributed by atoms with Crippen LogP contribution >= 0.6 is 0 Å². The van der Waals surface area contributed by atoms with E-state index in [1.165, 1.54) is 0 Å². The summed E-state index contributed by atoms with van der Waals surface area (Å²) in [7, 11) is 0. The highest BCUT2D eigenvalue weighted by Crippen LogP contribution is 2.19. The number of nitrogens with one attached hydrogen (secondary N) is 2. The summed E-state index contributed by atoms with van der Waals surface area (Å²) < 4.78 is 7.15. The zero-order valence-electron chi connectivity index (χ0n) is 12.9. The van der Waals surface area contributed by atoms with Crippen LogP contribution in [0, 0.1) is 5.92 Å². The molecule has 0 aromatic carbocycles. The third kappa shape index (κ3) is 3.19. The van der Waals surface area contributed by atoms with Gasteiger partial charge in [-0.05, 0) is 26.3 Å². The molecule has 1 atom stereocenters. The van der Waals surface area contributed by atoms with Crippen molar-refractivity contribution >= 4 is 22.8 Å². The van der Waals surface area contributed by atoms with Crippen LogP contribution in [0.1, 0.15) is 26.3 Å². The normalized spacial score (nSPS) is 18.0. The fourth-order valence-corrected chi connectivity index (χ4v) is 2.54. The minimum atomic E-state index is -0.218. The van der Waals surface area contributed by atoms with Gasteiger partial charge in [-0.25, -0.2) is 14.5 Å². The Labute approximate surface area is 129 Å². The zero-order chi connectivity index (χ0) is 15.5. The summed E-state index contributed by atoms with van der Waals surface area (Å²) >= 11 is 0. The van der Waals surface area contributed by atoms with Crippen molar-refractivity contribution in [3.05, 3.63) is 18.5 Å². The van der Waals surface area contributed by atoms with Crippen molar-refractivity contribution in [2.24, 2.45) is 5.92 Å². The van der Waals surface area contributed by atoms with Gasteiger partial charge in [0.1, 0.15) is 0 Å². The first-order valence-electron chi connectivity index (χ1n) is 7.59. The molecular formula is C15H21N5O2. The molecule has 0 bridgehead atoms. The van der Waals surface area contributed by atoms with E-state index >= 15 is 0 Å². The average molecular weight is 303 g/mol. The number of rotatable bonds is 4. The Kier molecular flexibility index (Phi) is 4.24. The molecule has 1 fully saturated rings. The third-order valence-corrected chi connectivity index (χ3v) is 3.76. The first-order chi connectivity index (χ1) is 10.6. The van der Waals surface area contributed by atoms with E-state index in [0.717, 1.165) is 30.7 Å². The molecule has 3 heterocycles. The van der Waals surface area contributed by atoms with Crippen molar-refractivity contribution in [1.29, 1.82) is 0 Å². The van der Waals surface area contributed by atoms with Crippen LogP contribution in [-0.2, 0) is 4.74 Å². The average Bonchev–Trinajstić information content (AvgIpc) is 3.14. The van der Waals surface area contributed by atoms with Crippen LogP contribution in [0.2, 0.25) is 0 Å². The van der Waals surface area contributed by atoms with E-state index < -0.39 is 0 Å². The van der Waals surface area contributed by atoms with Gasteiger partial charge < -0.3 is 15.4 Å². The maximum Gasteiger partial charge on any atom is 0.319 e. The van der Waals surface area contributed by atoms with Crippen molar-refractivity contribution in [2.45, 2.75) is 26.3 Å². The van der Waals surface area contributed by atoms with Crippen LogP contribution in [0.25, 0.3) is 11.0 Å². The monoisotopic (exact) mass is 303 g/mol. The lowest BCUT2D eigenvalue weighted by molar-refractivity contribution is 0.185. The first-order valence-corrected chi connectivity index (χ1v) is 7.59. The van der Waals surface area contributed by atoms with E-state index in [2.05, 4.69) is 34.6 Å². The highest BCUT2D eigenvalue weighted by atomic mass is 16.5. The second-order valence-electron chi connectivity index (χ2n) is 5.88. The van der Waals surface area contributed by atoms with Gasteiger partial charge in [0.25, 0.3) is 0 Å². The molecule has 0 aliphatic carbocycles. The van der Waals surface area contributed by atoms with E-state index in [1.807, 2.05) is 10.7 Å². The van der Waals surface area contributed by atoms with Crippen LogP contribution in [0.5, 0.6) is 0 Å². The lowest BCUT2D eigenvalue weighted by Crippen LogP contribution is -2.33. The van der Waals surface area contributed by atoms with Crippen LogP contribution in [0.4, 0.5) is 10.5 Å². The summed E-state index contributed by atoms with van der Waals surface area (Å²) in [5.74, 6) is 0.413.